The molecule has 0 saturated carbocycles. The van der Waals surface area contributed by atoms with Crippen LogP contribution >= 0.6 is 0 Å². The monoisotopic (exact) mass is 327 g/mol. The highest BCUT2D eigenvalue weighted by atomic mass is 19.4. The van der Waals surface area contributed by atoms with Crippen LogP contribution in [0.25, 0.3) is 5.82 Å². The molecule has 0 N–H and O–H groups in total. The van der Waals surface area contributed by atoms with E-state index in [1.807, 2.05) is 0 Å². The van der Waals surface area contributed by atoms with Crippen molar-refractivity contribution in [3.8, 4) is 5.82 Å². The minimum Gasteiger partial charge on any atom is -0.496 e. The van der Waals surface area contributed by atoms with Crippen molar-refractivity contribution < 1.29 is 17.9 Å². The van der Waals surface area contributed by atoms with Crippen LogP contribution < -0.4 is 4.90 Å². The van der Waals surface area contributed by atoms with Crippen LogP contribution in [0.5, 0.6) is 0 Å². The highest BCUT2D eigenvalue weighted by Crippen LogP contribution is 2.19. The van der Waals surface area contributed by atoms with E-state index in [9.17, 15) is 13.2 Å². The molecule has 6 nitrogen and oxygen atoms in total. The van der Waals surface area contributed by atoms with E-state index in [0.29, 0.717) is 11.8 Å². The molecule has 0 atom stereocenters. The molecule has 0 spiro atoms. The van der Waals surface area contributed by atoms with Gasteiger partial charge in [-0.3, -0.25) is 0 Å². The Morgan fingerprint density at radius 2 is 2.17 bits per heavy atom. The molecule has 0 amide bonds. The Kier molecular flexibility index (Phi) is 5.20. The lowest BCUT2D eigenvalue weighted by atomic mass is 10.4. The van der Waals surface area contributed by atoms with Crippen LogP contribution in [0.2, 0.25) is 0 Å². The summed E-state index contributed by atoms with van der Waals surface area (Å²) in [5.74, 6) is 1.18. The minimum absolute atomic E-state index is 0.181. The van der Waals surface area contributed by atoms with Gasteiger partial charge in [0.1, 0.15) is 5.76 Å². The summed E-state index contributed by atoms with van der Waals surface area (Å²) in [6.45, 7) is 3.33. The molecule has 0 radical (unpaired) electrons. The van der Waals surface area contributed by atoms with Gasteiger partial charge in [0.05, 0.1) is 19.6 Å². The van der Waals surface area contributed by atoms with Crippen molar-refractivity contribution in [1.29, 1.82) is 0 Å². The average molecular weight is 327 g/mol. The van der Waals surface area contributed by atoms with Gasteiger partial charge in [-0.2, -0.15) is 23.3 Å². The summed E-state index contributed by atoms with van der Waals surface area (Å²) in [6.07, 6.45) is -0.315. The summed E-state index contributed by atoms with van der Waals surface area (Å²) in [7, 11) is 1.69. The lowest BCUT2D eigenvalue weighted by Gasteiger charge is -2.19. The van der Waals surface area contributed by atoms with E-state index in [1.54, 1.807) is 47.4 Å². The van der Waals surface area contributed by atoms with Gasteiger partial charge in [0.15, 0.2) is 5.82 Å². The van der Waals surface area contributed by atoms with E-state index in [-0.39, 0.29) is 12.3 Å². The number of hydrogen-bond donors (Lipinski definition) is 0. The predicted molar refractivity (Wildman–Crippen MR) is 78.2 cm³/mol. The molecular weight excluding hydrogens is 311 g/mol. The number of halogens is 3. The van der Waals surface area contributed by atoms with E-state index in [0.717, 1.165) is 0 Å². The van der Waals surface area contributed by atoms with Crippen molar-refractivity contribution in [3.05, 3.63) is 43.1 Å². The van der Waals surface area contributed by atoms with Gasteiger partial charge in [0.2, 0.25) is 5.95 Å². The first kappa shape index (κ1) is 16.8. The molecule has 2 heterocycles. The summed E-state index contributed by atoms with van der Waals surface area (Å²) in [4.78, 5) is 10.1. The van der Waals surface area contributed by atoms with Gasteiger partial charge in [0.25, 0.3) is 0 Å². The average Bonchev–Trinajstić information content (AvgIpc) is 3.00. The first-order valence-electron chi connectivity index (χ1n) is 6.77. The van der Waals surface area contributed by atoms with E-state index in [4.69, 9.17) is 4.74 Å². The Balaban J connectivity index is 1.92. The number of likely N-dealkylation sites (N-methyl/N-ethyl adjacent to an activating group) is 1. The quantitative estimate of drug-likeness (QED) is 0.732. The number of hydrogen-bond acceptors (Lipinski definition) is 5. The Morgan fingerprint density at radius 3 is 2.83 bits per heavy atom. The minimum atomic E-state index is -4.24. The zero-order chi connectivity index (χ0) is 16.9. The van der Waals surface area contributed by atoms with Gasteiger partial charge in [-0.15, -0.1) is 0 Å². The summed E-state index contributed by atoms with van der Waals surface area (Å²) in [5.41, 5.74) is 0. The molecule has 0 bridgehead atoms. The molecule has 124 valence electrons. The highest BCUT2D eigenvalue weighted by Gasteiger charge is 2.26. The second kappa shape index (κ2) is 7.12. The van der Waals surface area contributed by atoms with Crippen LogP contribution in [0.1, 0.15) is 6.42 Å². The summed E-state index contributed by atoms with van der Waals surface area (Å²) in [6, 6.07) is 3.46. The molecule has 0 fully saturated rings. The molecular formula is C14H16F3N5O. The molecule has 23 heavy (non-hydrogen) atoms. The van der Waals surface area contributed by atoms with Crippen LogP contribution in [0.4, 0.5) is 19.1 Å². The maximum atomic E-state index is 12.1. The number of ether oxygens (including phenoxy) is 1. The Morgan fingerprint density at radius 1 is 1.39 bits per heavy atom. The molecule has 0 aliphatic heterocycles. The van der Waals surface area contributed by atoms with Crippen LogP contribution in [0, 0.1) is 0 Å². The lowest BCUT2D eigenvalue weighted by molar-refractivity contribution is -0.142. The van der Waals surface area contributed by atoms with Crippen LogP contribution in [-0.4, -0.2) is 46.1 Å². The van der Waals surface area contributed by atoms with Crippen LogP contribution in [0.15, 0.2) is 43.1 Å². The summed E-state index contributed by atoms with van der Waals surface area (Å²) in [5, 5.41) is 4.07. The van der Waals surface area contributed by atoms with E-state index in [1.165, 1.54) is 0 Å². The number of aromatic nitrogens is 4. The van der Waals surface area contributed by atoms with Gasteiger partial charge in [-0.05, 0) is 6.07 Å². The maximum Gasteiger partial charge on any atom is 0.392 e. The highest BCUT2D eigenvalue weighted by molar-refractivity contribution is 5.34. The number of nitrogens with zero attached hydrogens (tertiary/aromatic N) is 5. The van der Waals surface area contributed by atoms with Gasteiger partial charge >= 0.3 is 6.18 Å². The SMILES string of the molecule is C=C(CN(C)c1nccc(-n2cccn2)n1)OCCC(F)(F)F. The fourth-order valence-electron chi connectivity index (χ4n) is 1.75. The third-order valence-corrected chi connectivity index (χ3v) is 2.81. The first-order valence-corrected chi connectivity index (χ1v) is 6.77. The van der Waals surface area contributed by atoms with Gasteiger partial charge in [-0.25, -0.2) is 9.67 Å². The molecule has 0 saturated heterocycles. The lowest BCUT2D eigenvalue weighted by Crippen LogP contribution is -2.24. The predicted octanol–water partition coefficient (Wildman–Crippen LogP) is 2.58. The molecule has 0 aromatic carbocycles. The summed E-state index contributed by atoms with van der Waals surface area (Å²) < 4.78 is 42.8. The van der Waals surface area contributed by atoms with Gasteiger partial charge in [-0.1, -0.05) is 6.58 Å². The van der Waals surface area contributed by atoms with Crippen molar-refractivity contribution in [2.45, 2.75) is 12.6 Å². The topological polar surface area (TPSA) is 56.1 Å². The zero-order valence-electron chi connectivity index (χ0n) is 12.5. The Bertz CT molecular complexity index is 642. The number of alkyl halides is 3. The zero-order valence-corrected chi connectivity index (χ0v) is 12.5. The van der Waals surface area contributed by atoms with E-state index in [2.05, 4.69) is 21.6 Å². The molecule has 0 aliphatic rings. The third-order valence-electron chi connectivity index (χ3n) is 2.81. The summed E-state index contributed by atoms with van der Waals surface area (Å²) >= 11 is 0. The fraction of sp³-hybridized carbons (Fsp3) is 0.357. The van der Waals surface area contributed by atoms with Gasteiger partial charge in [0, 0.05) is 31.7 Å². The largest absolute Gasteiger partial charge is 0.496 e. The van der Waals surface area contributed by atoms with Crippen molar-refractivity contribution in [2.24, 2.45) is 0 Å². The first-order chi connectivity index (χ1) is 10.8. The van der Waals surface area contributed by atoms with E-state index < -0.39 is 19.2 Å². The second-order valence-corrected chi connectivity index (χ2v) is 4.77. The van der Waals surface area contributed by atoms with Crippen LogP contribution in [-0.2, 0) is 4.74 Å². The molecule has 0 aliphatic carbocycles. The normalized spacial score (nSPS) is 11.3. The molecule has 2 aromatic rings. The van der Waals surface area contributed by atoms with Gasteiger partial charge < -0.3 is 9.64 Å². The fourth-order valence-corrected chi connectivity index (χ4v) is 1.75. The third kappa shape index (κ3) is 5.28. The van der Waals surface area contributed by atoms with Crippen molar-refractivity contribution in [1.82, 2.24) is 19.7 Å². The standard InChI is InChI=1S/C14H16F3N5O/c1-11(23-9-5-14(15,16)17)10-21(2)13-18-7-4-12(20-13)22-8-3-6-19-22/h3-4,6-8H,1,5,9-10H2,2H3. The van der Waals surface area contributed by atoms with Crippen molar-refractivity contribution in [2.75, 3.05) is 25.1 Å². The molecule has 9 heteroatoms. The number of anilines is 1. The maximum absolute atomic E-state index is 12.1. The Labute approximate surface area is 131 Å². The van der Waals surface area contributed by atoms with Crippen LogP contribution in [0.3, 0.4) is 0 Å². The molecule has 2 rings (SSSR count). The molecule has 2 aromatic heterocycles. The molecule has 0 unspecified atom stereocenters. The smallest absolute Gasteiger partial charge is 0.392 e. The number of rotatable bonds is 7. The van der Waals surface area contributed by atoms with Crippen molar-refractivity contribution in [3.63, 3.8) is 0 Å². The Hall–Kier alpha value is -2.58. The second-order valence-electron chi connectivity index (χ2n) is 4.77. The van der Waals surface area contributed by atoms with Crippen molar-refractivity contribution >= 4 is 5.95 Å². The van der Waals surface area contributed by atoms with E-state index >= 15 is 0 Å².